The molecule has 1 N–H and O–H groups in total. The van der Waals surface area contributed by atoms with E-state index in [0.717, 1.165) is 25.4 Å². The molecule has 112 valence electrons. The van der Waals surface area contributed by atoms with Crippen molar-refractivity contribution in [3.05, 3.63) is 0 Å². The number of nitrogens with one attached hydrogen (secondary N) is 1. The Kier molecular flexibility index (Phi) is 5.81. The maximum Gasteiger partial charge on any atom is 0.325 e. The van der Waals surface area contributed by atoms with Crippen LogP contribution < -0.4 is 5.32 Å². The predicted molar refractivity (Wildman–Crippen MR) is 78.1 cm³/mol. The van der Waals surface area contributed by atoms with Crippen molar-refractivity contribution in [2.75, 3.05) is 20.2 Å². The van der Waals surface area contributed by atoms with E-state index in [4.69, 9.17) is 4.74 Å². The highest BCUT2D eigenvalue weighted by Gasteiger charge is 2.36. The minimum atomic E-state index is -0.589. The molecule has 1 heterocycles. The van der Waals surface area contributed by atoms with Crippen LogP contribution in [0.1, 0.15) is 47.5 Å². The molecule has 0 aliphatic carbocycles. The summed E-state index contributed by atoms with van der Waals surface area (Å²) in [5, 5.41) is 3.36. The lowest BCUT2D eigenvalue weighted by atomic mass is 9.96. The summed E-state index contributed by atoms with van der Waals surface area (Å²) in [6.45, 7) is 12.7. The van der Waals surface area contributed by atoms with Gasteiger partial charge in [-0.25, -0.2) is 0 Å². The fourth-order valence-electron chi connectivity index (χ4n) is 3.16. The zero-order valence-electron chi connectivity index (χ0n) is 13.3. The van der Waals surface area contributed by atoms with Crippen molar-refractivity contribution in [3.8, 4) is 0 Å². The van der Waals surface area contributed by atoms with Crippen LogP contribution in [-0.4, -0.2) is 48.7 Å². The van der Waals surface area contributed by atoms with E-state index in [1.165, 1.54) is 13.5 Å². The van der Waals surface area contributed by atoms with E-state index < -0.39 is 5.54 Å². The second-order valence-electron chi connectivity index (χ2n) is 6.56. The molecule has 1 fully saturated rings. The molecular formula is C15H30N2O2. The van der Waals surface area contributed by atoms with Gasteiger partial charge in [0.25, 0.3) is 0 Å². The summed E-state index contributed by atoms with van der Waals surface area (Å²) in [6, 6.07) is 0.884. The zero-order valence-corrected chi connectivity index (χ0v) is 13.3. The fraction of sp³-hybridized carbons (Fsp3) is 0.933. The first-order valence-corrected chi connectivity index (χ1v) is 7.38. The first-order valence-electron chi connectivity index (χ1n) is 7.38. The van der Waals surface area contributed by atoms with Crippen molar-refractivity contribution in [1.29, 1.82) is 0 Å². The normalized spacial score (nSPS) is 27.5. The van der Waals surface area contributed by atoms with Crippen LogP contribution in [0.25, 0.3) is 0 Å². The second-order valence-corrected chi connectivity index (χ2v) is 6.56. The second kappa shape index (κ2) is 6.71. The van der Waals surface area contributed by atoms with Gasteiger partial charge in [0.1, 0.15) is 5.54 Å². The standard InChI is InChI=1S/C15H30N2O2/c1-11(2)16-15(5,14(18)19-6)7-8-17-10-12(3)9-13(17)4/h11-13,16H,7-10H2,1-6H3. The van der Waals surface area contributed by atoms with Gasteiger partial charge in [-0.05, 0) is 46.5 Å². The smallest absolute Gasteiger partial charge is 0.325 e. The van der Waals surface area contributed by atoms with Gasteiger partial charge in [-0.3, -0.25) is 10.1 Å². The molecule has 0 aromatic carbocycles. The number of methoxy groups -OCH3 is 1. The van der Waals surface area contributed by atoms with E-state index in [2.05, 4.69) is 37.9 Å². The minimum absolute atomic E-state index is 0.166. The Hall–Kier alpha value is -0.610. The summed E-state index contributed by atoms with van der Waals surface area (Å²) in [5.74, 6) is 0.596. The summed E-state index contributed by atoms with van der Waals surface area (Å²) in [6.07, 6.45) is 2.04. The predicted octanol–water partition coefficient (Wildman–Crippen LogP) is 2.04. The Morgan fingerprint density at radius 1 is 1.47 bits per heavy atom. The first-order chi connectivity index (χ1) is 8.78. The van der Waals surface area contributed by atoms with Crippen LogP contribution in [0.3, 0.4) is 0 Å². The quantitative estimate of drug-likeness (QED) is 0.750. The molecule has 0 spiro atoms. The third-order valence-corrected chi connectivity index (χ3v) is 4.06. The molecule has 3 atom stereocenters. The van der Waals surface area contributed by atoms with Crippen LogP contribution in [0.5, 0.6) is 0 Å². The molecule has 1 aliphatic rings. The van der Waals surface area contributed by atoms with Crippen LogP contribution in [0, 0.1) is 5.92 Å². The maximum absolute atomic E-state index is 12.0. The fourth-order valence-corrected chi connectivity index (χ4v) is 3.16. The zero-order chi connectivity index (χ0) is 14.6. The van der Waals surface area contributed by atoms with Gasteiger partial charge >= 0.3 is 5.97 Å². The van der Waals surface area contributed by atoms with Crippen LogP contribution >= 0.6 is 0 Å². The van der Waals surface area contributed by atoms with Gasteiger partial charge in [0.2, 0.25) is 0 Å². The molecule has 4 heteroatoms. The highest BCUT2D eigenvalue weighted by Crippen LogP contribution is 2.24. The number of hydrogen-bond acceptors (Lipinski definition) is 4. The number of esters is 1. The number of carbonyl (C=O) groups excluding carboxylic acids is 1. The van der Waals surface area contributed by atoms with Crippen molar-refractivity contribution in [3.63, 3.8) is 0 Å². The lowest BCUT2D eigenvalue weighted by molar-refractivity contribution is -0.148. The molecule has 19 heavy (non-hydrogen) atoms. The van der Waals surface area contributed by atoms with E-state index in [-0.39, 0.29) is 12.0 Å². The van der Waals surface area contributed by atoms with Crippen molar-refractivity contribution < 1.29 is 9.53 Å². The molecular weight excluding hydrogens is 240 g/mol. The third-order valence-electron chi connectivity index (χ3n) is 4.06. The van der Waals surface area contributed by atoms with Crippen LogP contribution in [0.15, 0.2) is 0 Å². The van der Waals surface area contributed by atoms with Gasteiger partial charge in [0, 0.05) is 25.2 Å². The molecule has 0 saturated carbocycles. The largest absolute Gasteiger partial charge is 0.468 e. The maximum atomic E-state index is 12.0. The van der Waals surface area contributed by atoms with Gasteiger partial charge in [-0.2, -0.15) is 0 Å². The average molecular weight is 270 g/mol. The molecule has 0 radical (unpaired) electrons. The lowest BCUT2D eigenvalue weighted by Crippen LogP contribution is -2.54. The first kappa shape index (κ1) is 16.4. The van der Waals surface area contributed by atoms with Crippen molar-refractivity contribution in [2.45, 2.75) is 65.1 Å². The van der Waals surface area contributed by atoms with Crippen LogP contribution in [-0.2, 0) is 9.53 Å². The lowest BCUT2D eigenvalue weighted by Gasteiger charge is -2.32. The molecule has 4 nitrogen and oxygen atoms in total. The van der Waals surface area contributed by atoms with Crippen molar-refractivity contribution in [1.82, 2.24) is 10.2 Å². The number of ether oxygens (including phenoxy) is 1. The molecule has 0 aromatic heterocycles. The Bertz CT molecular complexity index is 307. The van der Waals surface area contributed by atoms with Gasteiger partial charge in [0.15, 0.2) is 0 Å². The summed E-state index contributed by atoms with van der Waals surface area (Å²) in [7, 11) is 1.46. The Balaban J connectivity index is 2.60. The molecule has 3 unspecified atom stereocenters. The topological polar surface area (TPSA) is 41.6 Å². The Morgan fingerprint density at radius 3 is 2.53 bits per heavy atom. The third kappa shape index (κ3) is 4.46. The van der Waals surface area contributed by atoms with Gasteiger partial charge in [-0.15, -0.1) is 0 Å². The van der Waals surface area contributed by atoms with Gasteiger partial charge in [0.05, 0.1) is 7.11 Å². The molecule has 0 amide bonds. The molecule has 1 saturated heterocycles. The van der Waals surface area contributed by atoms with Crippen molar-refractivity contribution in [2.24, 2.45) is 5.92 Å². The molecule has 0 aromatic rings. The monoisotopic (exact) mass is 270 g/mol. The summed E-state index contributed by atoms with van der Waals surface area (Å²) < 4.78 is 4.96. The van der Waals surface area contributed by atoms with E-state index in [0.29, 0.717) is 6.04 Å². The number of carbonyl (C=O) groups is 1. The minimum Gasteiger partial charge on any atom is -0.468 e. The van der Waals surface area contributed by atoms with Gasteiger partial charge in [-0.1, -0.05) is 6.92 Å². The van der Waals surface area contributed by atoms with E-state index in [1.54, 1.807) is 0 Å². The summed E-state index contributed by atoms with van der Waals surface area (Å²) in [5.41, 5.74) is -0.589. The molecule has 0 bridgehead atoms. The van der Waals surface area contributed by atoms with Crippen LogP contribution in [0.4, 0.5) is 0 Å². The highest BCUT2D eigenvalue weighted by atomic mass is 16.5. The summed E-state index contributed by atoms with van der Waals surface area (Å²) in [4.78, 5) is 14.5. The number of hydrogen-bond donors (Lipinski definition) is 1. The number of nitrogens with zero attached hydrogens (tertiary/aromatic N) is 1. The van der Waals surface area contributed by atoms with Crippen LogP contribution in [0.2, 0.25) is 0 Å². The average Bonchev–Trinajstić information content (AvgIpc) is 2.63. The Morgan fingerprint density at radius 2 is 2.11 bits per heavy atom. The molecule has 1 aliphatic heterocycles. The van der Waals surface area contributed by atoms with Gasteiger partial charge < -0.3 is 9.64 Å². The number of likely N-dealkylation sites (tertiary alicyclic amines) is 1. The van der Waals surface area contributed by atoms with Crippen molar-refractivity contribution >= 4 is 5.97 Å². The summed E-state index contributed by atoms with van der Waals surface area (Å²) >= 11 is 0. The van der Waals surface area contributed by atoms with E-state index in [9.17, 15) is 4.79 Å². The number of rotatable bonds is 6. The Labute approximate surface area is 117 Å². The highest BCUT2D eigenvalue weighted by molar-refractivity contribution is 5.80. The molecule has 1 rings (SSSR count). The van der Waals surface area contributed by atoms with E-state index in [1.807, 2.05) is 6.92 Å². The SMILES string of the molecule is COC(=O)C(C)(CCN1CC(C)CC1C)NC(C)C. The van der Waals surface area contributed by atoms with E-state index >= 15 is 0 Å².